The van der Waals surface area contributed by atoms with Crippen LogP contribution in [0.4, 0.5) is 0 Å². The van der Waals surface area contributed by atoms with Gasteiger partial charge in [0.2, 0.25) is 15.9 Å². The first-order chi connectivity index (χ1) is 14.9. The molecule has 31 heavy (non-hydrogen) atoms. The van der Waals surface area contributed by atoms with Gasteiger partial charge in [0.15, 0.2) is 10.6 Å². The number of aromatic nitrogens is 4. The minimum Gasteiger partial charge on any atom is -0.338 e. The second kappa shape index (κ2) is 8.69. The number of pyridine rings is 1. The molecule has 0 spiro atoms. The molecule has 0 aliphatic carbocycles. The molecule has 11 heteroatoms. The molecule has 0 radical (unpaired) electrons. The Balaban J connectivity index is 1.44. The van der Waals surface area contributed by atoms with Crippen molar-refractivity contribution in [2.45, 2.75) is 18.4 Å². The Morgan fingerprint density at radius 3 is 2.48 bits per heavy atom. The van der Waals surface area contributed by atoms with Crippen LogP contribution in [0.1, 0.15) is 5.56 Å². The van der Waals surface area contributed by atoms with Gasteiger partial charge in [-0.3, -0.25) is 19.4 Å². The van der Waals surface area contributed by atoms with E-state index in [9.17, 15) is 13.2 Å². The number of hydrogen-bond donors (Lipinski definition) is 1. The Morgan fingerprint density at radius 2 is 1.84 bits per heavy atom. The number of hydrogen-bond acceptors (Lipinski definition) is 6. The molecular weight excluding hydrogens is 436 g/mol. The molecule has 162 valence electrons. The molecule has 4 rings (SSSR count). The van der Waals surface area contributed by atoms with Crippen LogP contribution in [0, 0.1) is 11.7 Å². The van der Waals surface area contributed by atoms with Crippen molar-refractivity contribution in [3.8, 4) is 11.4 Å². The highest BCUT2D eigenvalue weighted by molar-refractivity contribution is 7.89. The third-order valence-corrected chi connectivity index (χ3v) is 7.42. The van der Waals surface area contributed by atoms with Gasteiger partial charge in [-0.05, 0) is 31.3 Å². The summed E-state index contributed by atoms with van der Waals surface area (Å²) in [5.74, 6) is 0.459. The second-order valence-electron chi connectivity index (χ2n) is 7.28. The van der Waals surface area contributed by atoms with E-state index in [4.69, 9.17) is 12.2 Å². The Bertz CT molecular complexity index is 1230. The highest BCUT2D eigenvalue weighted by Gasteiger charge is 2.30. The van der Waals surface area contributed by atoms with Gasteiger partial charge in [0.1, 0.15) is 11.4 Å². The molecule has 0 unspecified atom stereocenters. The predicted molar refractivity (Wildman–Crippen MR) is 117 cm³/mol. The number of amides is 1. The van der Waals surface area contributed by atoms with E-state index in [2.05, 4.69) is 15.2 Å². The number of H-pyrrole nitrogens is 1. The van der Waals surface area contributed by atoms with Crippen LogP contribution in [0.25, 0.3) is 11.4 Å². The lowest BCUT2D eigenvalue weighted by Gasteiger charge is -2.34. The Hall–Kier alpha value is -2.89. The van der Waals surface area contributed by atoms with Crippen molar-refractivity contribution >= 4 is 28.1 Å². The summed E-state index contributed by atoms with van der Waals surface area (Å²) in [6.45, 7) is 3.11. The van der Waals surface area contributed by atoms with Gasteiger partial charge in [0, 0.05) is 44.1 Å². The number of benzene rings is 1. The van der Waals surface area contributed by atoms with Crippen molar-refractivity contribution in [1.29, 1.82) is 0 Å². The van der Waals surface area contributed by atoms with Crippen LogP contribution in [-0.2, 0) is 21.4 Å². The third-order valence-electron chi connectivity index (χ3n) is 5.22. The number of rotatable bonds is 5. The first kappa shape index (κ1) is 21.3. The maximum absolute atomic E-state index is 12.9. The normalized spacial score (nSPS) is 15.2. The SMILES string of the molecule is Cc1ccc(-c2n[nH]c(=S)n2CC(=O)N2CCN(S(=O)(=O)c3cccnc3)CC2)cc1. The number of carbonyl (C=O) groups is 1. The Morgan fingerprint density at radius 1 is 1.13 bits per heavy atom. The zero-order valence-corrected chi connectivity index (χ0v) is 18.6. The lowest BCUT2D eigenvalue weighted by Crippen LogP contribution is -2.51. The summed E-state index contributed by atoms with van der Waals surface area (Å²) < 4.78 is 28.9. The van der Waals surface area contributed by atoms with Gasteiger partial charge in [-0.1, -0.05) is 29.8 Å². The van der Waals surface area contributed by atoms with E-state index in [0.29, 0.717) is 23.7 Å². The van der Waals surface area contributed by atoms with E-state index in [1.54, 1.807) is 15.5 Å². The van der Waals surface area contributed by atoms with Crippen LogP contribution in [0.3, 0.4) is 0 Å². The van der Waals surface area contributed by atoms with Crippen LogP contribution in [0.2, 0.25) is 0 Å². The molecule has 2 aromatic heterocycles. The molecule has 1 saturated heterocycles. The first-order valence-corrected chi connectivity index (χ1v) is 11.6. The summed E-state index contributed by atoms with van der Waals surface area (Å²) in [4.78, 5) is 18.6. The maximum Gasteiger partial charge on any atom is 0.244 e. The molecule has 1 aromatic carbocycles. The zero-order chi connectivity index (χ0) is 22.0. The van der Waals surface area contributed by atoms with Crippen LogP contribution >= 0.6 is 12.2 Å². The smallest absolute Gasteiger partial charge is 0.244 e. The summed E-state index contributed by atoms with van der Waals surface area (Å²) in [7, 11) is -3.62. The number of nitrogens with one attached hydrogen (secondary N) is 1. The lowest BCUT2D eigenvalue weighted by atomic mass is 10.1. The van der Waals surface area contributed by atoms with Crippen molar-refractivity contribution in [3.63, 3.8) is 0 Å². The van der Waals surface area contributed by atoms with Crippen molar-refractivity contribution in [2.24, 2.45) is 0 Å². The van der Waals surface area contributed by atoms with E-state index >= 15 is 0 Å². The molecule has 1 amide bonds. The van der Waals surface area contributed by atoms with Gasteiger partial charge in [0.25, 0.3) is 0 Å². The van der Waals surface area contributed by atoms with Crippen LogP contribution in [0.15, 0.2) is 53.7 Å². The second-order valence-corrected chi connectivity index (χ2v) is 9.60. The average Bonchev–Trinajstić information content (AvgIpc) is 3.15. The third kappa shape index (κ3) is 4.43. The number of sulfonamides is 1. The fourth-order valence-electron chi connectivity index (χ4n) is 3.45. The van der Waals surface area contributed by atoms with E-state index < -0.39 is 10.0 Å². The fraction of sp³-hybridized carbons (Fsp3) is 0.300. The van der Waals surface area contributed by atoms with E-state index in [1.165, 1.54) is 22.8 Å². The van der Waals surface area contributed by atoms with Gasteiger partial charge >= 0.3 is 0 Å². The number of carbonyl (C=O) groups excluding carboxylic acids is 1. The zero-order valence-electron chi connectivity index (χ0n) is 16.9. The van der Waals surface area contributed by atoms with Crippen LogP contribution in [0.5, 0.6) is 0 Å². The molecule has 0 saturated carbocycles. The quantitative estimate of drug-likeness (QED) is 0.585. The number of aromatic amines is 1. The van der Waals surface area contributed by atoms with Crippen molar-refractivity contribution < 1.29 is 13.2 Å². The molecular formula is C20H22N6O3S2. The summed E-state index contributed by atoms with van der Waals surface area (Å²) >= 11 is 5.32. The summed E-state index contributed by atoms with van der Waals surface area (Å²) in [5.41, 5.74) is 1.98. The van der Waals surface area contributed by atoms with Gasteiger partial charge in [-0.15, -0.1) is 0 Å². The van der Waals surface area contributed by atoms with Gasteiger partial charge in [-0.25, -0.2) is 8.42 Å². The highest BCUT2D eigenvalue weighted by atomic mass is 32.2. The Labute approximate surface area is 185 Å². The average molecular weight is 459 g/mol. The van der Waals surface area contributed by atoms with Crippen molar-refractivity contribution in [2.75, 3.05) is 26.2 Å². The molecule has 0 atom stereocenters. The molecule has 9 nitrogen and oxygen atoms in total. The number of aryl methyl sites for hydroxylation is 1. The minimum absolute atomic E-state index is 0.0356. The highest BCUT2D eigenvalue weighted by Crippen LogP contribution is 2.19. The van der Waals surface area contributed by atoms with E-state index in [0.717, 1.165) is 11.1 Å². The monoisotopic (exact) mass is 458 g/mol. The molecule has 3 heterocycles. The topological polar surface area (TPSA) is 104 Å². The van der Waals surface area contributed by atoms with E-state index in [1.807, 2.05) is 31.2 Å². The van der Waals surface area contributed by atoms with Gasteiger partial charge < -0.3 is 4.90 Å². The summed E-state index contributed by atoms with van der Waals surface area (Å²) in [5, 5.41) is 7.03. The molecule has 1 N–H and O–H groups in total. The summed E-state index contributed by atoms with van der Waals surface area (Å²) in [6.07, 6.45) is 2.86. The number of piperazine rings is 1. The summed E-state index contributed by atoms with van der Waals surface area (Å²) in [6, 6.07) is 10.9. The molecule has 1 aliphatic rings. The van der Waals surface area contributed by atoms with Gasteiger partial charge in [0.05, 0.1) is 0 Å². The standard InChI is InChI=1S/C20H22N6O3S2/c1-15-4-6-16(7-5-15)19-22-23-20(30)26(19)14-18(27)24-9-11-25(12-10-24)31(28,29)17-3-2-8-21-13-17/h2-8,13H,9-12,14H2,1H3,(H,23,30). The largest absolute Gasteiger partial charge is 0.338 e. The van der Waals surface area contributed by atoms with E-state index in [-0.39, 0.29) is 30.4 Å². The van der Waals surface area contributed by atoms with Crippen LogP contribution < -0.4 is 0 Å². The molecule has 1 fully saturated rings. The maximum atomic E-state index is 12.9. The van der Waals surface area contributed by atoms with Crippen molar-refractivity contribution in [1.82, 2.24) is 29.0 Å². The predicted octanol–water partition coefficient (Wildman–Crippen LogP) is 1.84. The first-order valence-electron chi connectivity index (χ1n) is 9.76. The minimum atomic E-state index is -3.62. The molecule has 1 aliphatic heterocycles. The molecule has 3 aromatic rings. The van der Waals surface area contributed by atoms with Crippen molar-refractivity contribution in [3.05, 3.63) is 59.1 Å². The Kier molecular flexibility index (Phi) is 5.99. The number of nitrogens with zero attached hydrogens (tertiary/aromatic N) is 5. The molecule has 0 bridgehead atoms. The fourth-order valence-corrected chi connectivity index (χ4v) is 5.03. The lowest BCUT2D eigenvalue weighted by molar-refractivity contribution is -0.133. The van der Waals surface area contributed by atoms with Gasteiger partial charge in [-0.2, -0.15) is 9.40 Å². The van der Waals surface area contributed by atoms with Crippen LogP contribution in [-0.4, -0.2) is 69.5 Å².